The molecule has 0 bridgehead atoms. The molecule has 0 aromatic heterocycles. The maximum absolute atomic E-state index is 13.3. The van der Waals surface area contributed by atoms with Gasteiger partial charge in [0.05, 0.1) is 6.04 Å². The Morgan fingerprint density at radius 3 is 2.59 bits per heavy atom. The van der Waals surface area contributed by atoms with Crippen molar-refractivity contribution in [3.63, 3.8) is 0 Å². The Kier molecular flexibility index (Phi) is 4.48. The van der Waals surface area contributed by atoms with Crippen molar-refractivity contribution in [2.24, 2.45) is 0 Å². The standard InChI is InChI=1S/C12H15FN2O.ClH/c1-8-3-4-9(5-11(8)13)12(16)15(2)10-6-14-7-10;/h3-5,10,14H,6-7H2,1-2H3;1H. The highest BCUT2D eigenvalue weighted by molar-refractivity contribution is 5.94. The summed E-state index contributed by atoms with van der Waals surface area (Å²) < 4.78 is 13.3. The van der Waals surface area contributed by atoms with Gasteiger partial charge < -0.3 is 10.2 Å². The molecule has 0 radical (unpaired) electrons. The molecule has 2 rings (SSSR count). The highest BCUT2D eigenvalue weighted by Gasteiger charge is 2.26. The molecule has 5 heteroatoms. The summed E-state index contributed by atoms with van der Waals surface area (Å²) in [6, 6.07) is 4.84. The second-order valence-electron chi connectivity index (χ2n) is 4.19. The van der Waals surface area contributed by atoms with Gasteiger partial charge in [0.25, 0.3) is 5.91 Å². The number of amides is 1. The van der Waals surface area contributed by atoms with Crippen LogP contribution in [0.4, 0.5) is 4.39 Å². The molecule has 17 heavy (non-hydrogen) atoms. The lowest BCUT2D eigenvalue weighted by Gasteiger charge is -2.35. The van der Waals surface area contributed by atoms with Crippen LogP contribution in [-0.2, 0) is 0 Å². The summed E-state index contributed by atoms with van der Waals surface area (Å²) in [4.78, 5) is 13.6. The number of aryl methyl sites for hydroxylation is 1. The summed E-state index contributed by atoms with van der Waals surface area (Å²) in [5.74, 6) is -0.448. The molecule has 1 aliphatic heterocycles. The van der Waals surface area contributed by atoms with E-state index in [0.717, 1.165) is 13.1 Å². The minimum Gasteiger partial charge on any atom is -0.336 e. The molecule has 1 heterocycles. The Labute approximate surface area is 106 Å². The molecule has 1 aromatic carbocycles. The van der Waals surface area contributed by atoms with Crippen molar-refractivity contribution in [2.75, 3.05) is 20.1 Å². The number of halogens is 2. The SMILES string of the molecule is Cc1ccc(C(=O)N(C)C2CNC2)cc1F.Cl. The largest absolute Gasteiger partial charge is 0.336 e. The Hall–Kier alpha value is -1.13. The van der Waals surface area contributed by atoms with Crippen LogP contribution in [0.5, 0.6) is 0 Å². The van der Waals surface area contributed by atoms with E-state index in [2.05, 4.69) is 5.32 Å². The fourth-order valence-electron chi connectivity index (χ4n) is 1.64. The molecule has 94 valence electrons. The van der Waals surface area contributed by atoms with Crippen LogP contribution in [0, 0.1) is 12.7 Å². The Balaban J connectivity index is 0.00000144. The van der Waals surface area contributed by atoms with Crippen molar-refractivity contribution in [1.82, 2.24) is 10.2 Å². The van der Waals surface area contributed by atoms with E-state index in [-0.39, 0.29) is 30.2 Å². The number of rotatable bonds is 2. The van der Waals surface area contributed by atoms with Gasteiger partial charge in [-0.2, -0.15) is 0 Å². The third kappa shape index (κ3) is 2.76. The van der Waals surface area contributed by atoms with Crippen LogP contribution in [0.15, 0.2) is 18.2 Å². The van der Waals surface area contributed by atoms with Crippen molar-refractivity contribution in [2.45, 2.75) is 13.0 Å². The lowest BCUT2D eigenvalue weighted by atomic mass is 10.1. The lowest BCUT2D eigenvalue weighted by Crippen LogP contribution is -2.57. The zero-order chi connectivity index (χ0) is 11.7. The van der Waals surface area contributed by atoms with Gasteiger partial charge >= 0.3 is 0 Å². The number of hydrogen-bond donors (Lipinski definition) is 1. The summed E-state index contributed by atoms with van der Waals surface area (Å²) >= 11 is 0. The third-order valence-corrected chi connectivity index (χ3v) is 3.05. The summed E-state index contributed by atoms with van der Waals surface area (Å²) in [5.41, 5.74) is 0.974. The first-order chi connectivity index (χ1) is 7.59. The highest BCUT2D eigenvalue weighted by Crippen LogP contribution is 2.13. The van der Waals surface area contributed by atoms with E-state index < -0.39 is 0 Å². The fourth-order valence-corrected chi connectivity index (χ4v) is 1.64. The number of nitrogens with zero attached hydrogens (tertiary/aromatic N) is 1. The molecule has 1 fully saturated rings. The van der Waals surface area contributed by atoms with E-state index in [9.17, 15) is 9.18 Å². The first-order valence-electron chi connectivity index (χ1n) is 5.33. The number of nitrogens with one attached hydrogen (secondary N) is 1. The van der Waals surface area contributed by atoms with Crippen molar-refractivity contribution < 1.29 is 9.18 Å². The van der Waals surface area contributed by atoms with Gasteiger partial charge in [0.1, 0.15) is 5.82 Å². The first-order valence-corrected chi connectivity index (χ1v) is 5.33. The number of carbonyl (C=O) groups is 1. The van der Waals surface area contributed by atoms with E-state index in [1.165, 1.54) is 6.07 Å². The average molecular weight is 259 g/mol. The monoisotopic (exact) mass is 258 g/mol. The normalized spacial score (nSPS) is 14.8. The van der Waals surface area contributed by atoms with E-state index in [1.807, 2.05) is 0 Å². The molecule has 0 aliphatic carbocycles. The number of benzene rings is 1. The Morgan fingerprint density at radius 1 is 1.47 bits per heavy atom. The smallest absolute Gasteiger partial charge is 0.254 e. The minimum atomic E-state index is -0.328. The second kappa shape index (κ2) is 5.47. The highest BCUT2D eigenvalue weighted by atomic mass is 35.5. The van der Waals surface area contributed by atoms with Gasteiger partial charge in [0, 0.05) is 25.7 Å². The number of hydrogen-bond acceptors (Lipinski definition) is 2. The van der Waals surface area contributed by atoms with Gasteiger partial charge in [-0.05, 0) is 24.6 Å². The summed E-state index contributed by atoms with van der Waals surface area (Å²) in [5, 5.41) is 3.10. The van der Waals surface area contributed by atoms with Gasteiger partial charge in [0.2, 0.25) is 0 Å². The second-order valence-corrected chi connectivity index (χ2v) is 4.19. The molecular formula is C12H16ClFN2O. The lowest BCUT2D eigenvalue weighted by molar-refractivity contribution is 0.0680. The van der Waals surface area contributed by atoms with E-state index in [1.54, 1.807) is 31.0 Å². The van der Waals surface area contributed by atoms with Crippen LogP contribution in [0.2, 0.25) is 0 Å². The average Bonchev–Trinajstić information content (AvgIpc) is 2.18. The summed E-state index contributed by atoms with van der Waals surface area (Å²) in [6.07, 6.45) is 0. The molecule has 0 saturated carbocycles. The quantitative estimate of drug-likeness (QED) is 0.874. The van der Waals surface area contributed by atoms with Crippen molar-refractivity contribution >= 4 is 18.3 Å². The van der Waals surface area contributed by atoms with Crippen molar-refractivity contribution in [3.8, 4) is 0 Å². The van der Waals surface area contributed by atoms with E-state index in [0.29, 0.717) is 11.1 Å². The van der Waals surface area contributed by atoms with Gasteiger partial charge in [0.15, 0.2) is 0 Å². The molecule has 0 atom stereocenters. The van der Waals surface area contributed by atoms with Crippen LogP contribution in [-0.4, -0.2) is 37.0 Å². The summed E-state index contributed by atoms with van der Waals surface area (Å²) in [6.45, 7) is 3.32. The molecule has 1 amide bonds. The Morgan fingerprint density at radius 2 is 2.12 bits per heavy atom. The van der Waals surface area contributed by atoms with Crippen LogP contribution < -0.4 is 5.32 Å². The number of carbonyl (C=O) groups excluding carboxylic acids is 1. The maximum Gasteiger partial charge on any atom is 0.254 e. The topological polar surface area (TPSA) is 32.3 Å². The Bertz CT molecular complexity index is 421. The van der Waals surface area contributed by atoms with Crippen LogP contribution >= 0.6 is 12.4 Å². The van der Waals surface area contributed by atoms with Crippen molar-refractivity contribution in [1.29, 1.82) is 0 Å². The molecule has 0 spiro atoms. The molecule has 3 nitrogen and oxygen atoms in total. The molecular weight excluding hydrogens is 243 g/mol. The molecule has 1 aromatic rings. The predicted molar refractivity (Wildman–Crippen MR) is 67.1 cm³/mol. The first kappa shape index (κ1) is 13.9. The molecule has 1 saturated heterocycles. The van der Waals surface area contributed by atoms with E-state index in [4.69, 9.17) is 0 Å². The third-order valence-electron chi connectivity index (χ3n) is 3.05. The van der Waals surface area contributed by atoms with Gasteiger partial charge in [-0.25, -0.2) is 4.39 Å². The fraction of sp³-hybridized carbons (Fsp3) is 0.417. The van der Waals surface area contributed by atoms with Crippen molar-refractivity contribution in [3.05, 3.63) is 35.1 Å². The zero-order valence-corrected chi connectivity index (χ0v) is 10.7. The molecule has 1 aliphatic rings. The number of likely N-dealkylation sites (N-methyl/N-ethyl adjacent to an activating group) is 1. The van der Waals surface area contributed by atoms with Crippen LogP contribution in [0.1, 0.15) is 15.9 Å². The summed E-state index contributed by atoms with van der Waals surface area (Å²) in [7, 11) is 1.76. The predicted octanol–water partition coefficient (Wildman–Crippen LogP) is 1.60. The van der Waals surface area contributed by atoms with E-state index >= 15 is 0 Å². The zero-order valence-electron chi connectivity index (χ0n) is 9.87. The van der Waals surface area contributed by atoms with Crippen LogP contribution in [0.3, 0.4) is 0 Å². The van der Waals surface area contributed by atoms with Gasteiger partial charge in [-0.15, -0.1) is 12.4 Å². The van der Waals surface area contributed by atoms with Gasteiger partial charge in [-0.3, -0.25) is 4.79 Å². The van der Waals surface area contributed by atoms with Gasteiger partial charge in [-0.1, -0.05) is 6.07 Å². The minimum absolute atomic E-state index is 0. The van der Waals surface area contributed by atoms with Crippen LogP contribution in [0.25, 0.3) is 0 Å². The molecule has 1 N–H and O–H groups in total. The maximum atomic E-state index is 13.3. The molecule has 0 unspecified atom stereocenters.